The van der Waals surface area contributed by atoms with Crippen molar-refractivity contribution in [2.24, 2.45) is 0 Å². The van der Waals surface area contributed by atoms with Gasteiger partial charge in [0.1, 0.15) is 18.1 Å². The Morgan fingerprint density at radius 2 is 1.73 bits per heavy atom. The Hall–Kier alpha value is -2.44. The second-order valence-corrected chi connectivity index (χ2v) is 9.01. The maximum Gasteiger partial charge on any atom is 0.160 e. The average molecular weight is 457 g/mol. The third-order valence-electron chi connectivity index (χ3n) is 6.50. The molecule has 4 N–H and O–H groups in total. The van der Waals surface area contributed by atoms with E-state index >= 15 is 0 Å². The molecule has 0 spiro atoms. The molecule has 0 fully saturated rings. The molecule has 0 radical (unpaired) electrons. The van der Waals surface area contributed by atoms with Crippen molar-refractivity contribution < 1.29 is 20.1 Å². The summed E-state index contributed by atoms with van der Waals surface area (Å²) >= 11 is 0. The van der Waals surface area contributed by atoms with Crippen LogP contribution in [-0.2, 0) is 12.8 Å². The molecule has 33 heavy (non-hydrogen) atoms. The number of rotatable bonds is 14. The maximum absolute atomic E-state index is 10.1. The van der Waals surface area contributed by atoms with E-state index in [9.17, 15) is 15.3 Å². The second kappa shape index (κ2) is 13.3. The summed E-state index contributed by atoms with van der Waals surface area (Å²) in [6, 6.07) is 10.9. The molecule has 3 rings (SSSR count). The standard InChI is InChI=1S/C27H40N2O4/c1-2-17-29(22-8-13-25-21(20-22)7-14-26(31)27(25)32)18-6-4-3-5-15-28-16-19-33-24-11-9-23(30)10-12-24/h7,9-12,14,22,28,30-32H,2-6,8,13,15-20H2,1H3/t22-/m0/s1. The first kappa shape index (κ1) is 25.2. The minimum Gasteiger partial charge on any atom is -0.508 e. The van der Waals surface area contributed by atoms with Crippen LogP contribution >= 0.6 is 0 Å². The van der Waals surface area contributed by atoms with E-state index in [2.05, 4.69) is 17.1 Å². The molecule has 0 saturated heterocycles. The van der Waals surface area contributed by atoms with Gasteiger partial charge < -0.3 is 30.3 Å². The summed E-state index contributed by atoms with van der Waals surface area (Å²) in [6.07, 6.45) is 8.85. The average Bonchev–Trinajstić information content (AvgIpc) is 2.83. The van der Waals surface area contributed by atoms with Gasteiger partial charge in [0, 0.05) is 18.2 Å². The lowest BCUT2D eigenvalue weighted by Gasteiger charge is -2.35. The summed E-state index contributed by atoms with van der Waals surface area (Å²) in [5, 5.41) is 32.6. The summed E-state index contributed by atoms with van der Waals surface area (Å²) in [4.78, 5) is 2.63. The van der Waals surface area contributed by atoms with E-state index in [0.29, 0.717) is 12.6 Å². The monoisotopic (exact) mass is 456 g/mol. The number of hydrogen-bond acceptors (Lipinski definition) is 6. The molecule has 0 bridgehead atoms. The number of phenols is 3. The number of nitrogens with one attached hydrogen (secondary N) is 1. The van der Waals surface area contributed by atoms with Crippen LogP contribution in [0.25, 0.3) is 0 Å². The molecule has 0 saturated carbocycles. The molecule has 0 unspecified atom stereocenters. The van der Waals surface area contributed by atoms with E-state index in [-0.39, 0.29) is 17.2 Å². The van der Waals surface area contributed by atoms with Crippen LogP contribution in [0.15, 0.2) is 36.4 Å². The van der Waals surface area contributed by atoms with Crippen LogP contribution in [-0.4, -0.2) is 59.0 Å². The first-order valence-corrected chi connectivity index (χ1v) is 12.5. The maximum atomic E-state index is 10.1. The summed E-state index contributed by atoms with van der Waals surface area (Å²) in [6.45, 7) is 6.94. The molecule has 6 nitrogen and oxygen atoms in total. The van der Waals surface area contributed by atoms with Gasteiger partial charge in [-0.1, -0.05) is 25.8 Å². The number of ether oxygens (including phenoxy) is 1. The van der Waals surface area contributed by atoms with Crippen molar-refractivity contribution in [2.45, 2.75) is 64.3 Å². The van der Waals surface area contributed by atoms with Gasteiger partial charge in [0.05, 0.1) is 0 Å². The third-order valence-corrected chi connectivity index (χ3v) is 6.50. The summed E-state index contributed by atoms with van der Waals surface area (Å²) in [5.41, 5.74) is 2.12. The molecule has 0 heterocycles. The number of benzene rings is 2. The number of fused-ring (bicyclic) bond motifs is 1. The predicted molar refractivity (Wildman–Crippen MR) is 132 cm³/mol. The molecule has 6 heteroatoms. The van der Waals surface area contributed by atoms with Crippen LogP contribution in [0.2, 0.25) is 0 Å². The van der Waals surface area contributed by atoms with E-state index in [0.717, 1.165) is 63.2 Å². The Kier molecular flexibility index (Phi) is 10.2. The lowest BCUT2D eigenvalue weighted by atomic mass is 9.86. The number of nitrogens with zero attached hydrogens (tertiary/aromatic N) is 1. The molecule has 0 aliphatic heterocycles. The van der Waals surface area contributed by atoms with Crippen molar-refractivity contribution in [1.82, 2.24) is 10.2 Å². The molecule has 0 amide bonds. The van der Waals surface area contributed by atoms with E-state index in [1.807, 2.05) is 6.07 Å². The fraction of sp³-hybridized carbons (Fsp3) is 0.556. The van der Waals surface area contributed by atoms with Gasteiger partial charge in [-0.15, -0.1) is 0 Å². The van der Waals surface area contributed by atoms with Crippen molar-refractivity contribution in [1.29, 1.82) is 0 Å². The number of aromatic hydroxyl groups is 3. The van der Waals surface area contributed by atoms with Crippen LogP contribution in [0.1, 0.15) is 56.6 Å². The van der Waals surface area contributed by atoms with E-state index in [1.54, 1.807) is 30.3 Å². The van der Waals surface area contributed by atoms with E-state index < -0.39 is 0 Å². The number of unbranched alkanes of at least 4 members (excludes halogenated alkanes) is 3. The highest BCUT2D eigenvalue weighted by atomic mass is 16.5. The Morgan fingerprint density at radius 3 is 2.52 bits per heavy atom. The van der Waals surface area contributed by atoms with Gasteiger partial charge in [-0.2, -0.15) is 0 Å². The Morgan fingerprint density at radius 1 is 0.939 bits per heavy atom. The van der Waals surface area contributed by atoms with Crippen LogP contribution in [0.5, 0.6) is 23.0 Å². The van der Waals surface area contributed by atoms with Crippen molar-refractivity contribution in [3.8, 4) is 23.0 Å². The van der Waals surface area contributed by atoms with Crippen LogP contribution < -0.4 is 10.1 Å². The Labute approximate surface area is 198 Å². The van der Waals surface area contributed by atoms with Crippen LogP contribution in [0.3, 0.4) is 0 Å². The third kappa shape index (κ3) is 7.83. The van der Waals surface area contributed by atoms with Crippen LogP contribution in [0, 0.1) is 0 Å². The molecule has 2 aromatic rings. The normalized spacial score (nSPS) is 15.5. The van der Waals surface area contributed by atoms with Gasteiger partial charge in [-0.3, -0.25) is 0 Å². The molecule has 1 atom stereocenters. The number of hydrogen-bond donors (Lipinski definition) is 4. The summed E-state index contributed by atoms with van der Waals surface area (Å²) in [7, 11) is 0. The van der Waals surface area contributed by atoms with Crippen molar-refractivity contribution in [2.75, 3.05) is 32.8 Å². The largest absolute Gasteiger partial charge is 0.508 e. The first-order valence-electron chi connectivity index (χ1n) is 12.5. The molecular formula is C27H40N2O4. The molecule has 1 aliphatic carbocycles. The second-order valence-electron chi connectivity index (χ2n) is 9.01. The van der Waals surface area contributed by atoms with Crippen molar-refractivity contribution in [3.63, 3.8) is 0 Å². The zero-order chi connectivity index (χ0) is 23.5. The minimum atomic E-state index is -0.00280. The van der Waals surface area contributed by atoms with Crippen molar-refractivity contribution >= 4 is 0 Å². The molecule has 182 valence electrons. The van der Waals surface area contributed by atoms with Gasteiger partial charge in [0.15, 0.2) is 11.5 Å². The van der Waals surface area contributed by atoms with E-state index in [1.165, 1.54) is 31.2 Å². The van der Waals surface area contributed by atoms with Gasteiger partial charge >= 0.3 is 0 Å². The molecule has 2 aromatic carbocycles. The van der Waals surface area contributed by atoms with Gasteiger partial charge in [-0.05, 0) is 94.1 Å². The van der Waals surface area contributed by atoms with Gasteiger partial charge in [-0.25, -0.2) is 0 Å². The fourth-order valence-corrected chi connectivity index (χ4v) is 4.71. The van der Waals surface area contributed by atoms with Crippen LogP contribution in [0.4, 0.5) is 0 Å². The highest BCUT2D eigenvalue weighted by molar-refractivity contribution is 5.50. The SMILES string of the molecule is CCCN(CCCCCCNCCOc1ccc(O)cc1)[C@H]1CCc2c(ccc(O)c2O)C1. The topological polar surface area (TPSA) is 85.2 Å². The van der Waals surface area contributed by atoms with Gasteiger partial charge in [0.25, 0.3) is 0 Å². The molecule has 0 aromatic heterocycles. The zero-order valence-electron chi connectivity index (χ0n) is 19.9. The highest BCUT2D eigenvalue weighted by Gasteiger charge is 2.26. The highest BCUT2D eigenvalue weighted by Crippen LogP contribution is 2.36. The van der Waals surface area contributed by atoms with E-state index in [4.69, 9.17) is 4.74 Å². The minimum absolute atomic E-state index is 0.00280. The summed E-state index contributed by atoms with van der Waals surface area (Å²) < 4.78 is 5.64. The predicted octanol–water partition coefficient (Wildman–Crippen LogP) is 4.60. The van der Waals surface area contributed by atoms with Crippen molar-refractivity contribution in [3.05, 3.63) is 47.5 Å². The number of phenolic OH excluding ortho intramolecular Hbond substituents is 3. The van der Waals surface area contributed by atoms with Gasteiger partial charge in [0.2, 0.25) is 0 Å². The quantitative estimate of drug-likeness (QED) is 0.246. The zero-order valence-corrected chi connectivity index (χ0v) is 19.9. The summed E-state index contributed by atoms with van der Waals surface area (Å²) in [5.74, 6) is 1.11. The lowest BCUT2D eigenvalue weighted by molar-refractivity contribution is 0.175. The fourth-order valence-electron chi connectivity index (χ4n) is 4.71. The first-order chi connectivity index (χ1) is 16.1. The smallest absolute Gasteiger partial charge is 0.160 e. The molecule has 1 aliphatic rings. The molecular weight excluding hydrogens is 416 g/mol. The Balaban J connectivity index is 1.27. The lowest BCUT2D eigenvalue weighted by Crippen LogP contribution is -2.40. The Bertz CT molecular complexity index is 841.